The van der Waals surface area contributed by atoms with Gasteiger partial charge in [-0.3, -0.25) is 0 Å². The highest BCUT2D eigenvalue weighted by atomic mass is 19.4. The van der Waals surface area contributed by atoms with Gasteiger partial charge in [0, 0.05) is 23.4 Å². The monoisotopic (exact) mass is 480 g/mol. The topological polar surface area (TPSA) is 120 Å². The van der Waals surface area contributed by atoms with Gasteiger partial charge in [-0.25, -0.2) is 9.78 Å². The summed E-state index contributed by atoms with van der Waals surface area (Å²) in [5.74, 6) is 0.767. The Morgan fingerprint density at radius 2 is 1.85 bits per heavy atom. The Morgan fingerprint density at radius 3 is 2.41 bits per heavy atom. The van der Waals surface area contributed by atoms with Gasteiger partial charge in [-0.2, -0.15) is 18.2 Å². The summed E-state index contributed by atoms with van der Waals surface area (Å²) in [6.45, 7) is 4.95. The van der Waals surface area contributed by atoms with Crippen LogP contribution in [0.4, 0.5) is 18.0 Å². The number of aliphatic hydroxyl groups is 1. The van der Waals surface area contributed by atoms with Crippen molar-refractivity contribution in [3.05, 3.63) is 54.0 Å². The molecule has 1 atom stereocenters. The zero-order valence-electron chi connectivity index (χ0n) is 18.6. The van der Waals surface area contributed by atoms with E-state index in [0.717, 1.165) is 12.1 Å². The van der Waals surface area contributed by atoms with Crippen LogP contribution >= 0.6 is 0 Å². The fraction of sp³-hybridized carbons (Fsp3) is 0.364. The smallest absolute Gasteiger partial charge is 0.417 e. The minimum Gasteiger partial charge on any atom is -0.443 e. The van der Waals surface area contributed by atoms with E-state index in [1.807, 2.05) is 0 Å². The fourth-order valence-corrected chi connectivity index (χ4v) is 2.68. The molecule has 0 radical (unpaired) electrons. The number of nitrogens with zero attached hydrogens (tertiary/aromatic N) is 3. The van der Waals surface area contributed by atoms with E-state index < -0.39 is 36.1 Å². The molecule has 0 bridgehead atoms. The van der Waals surface area contributed by atoms with Gasteiger partial charge < -0.3 is 24.4 Å². The van der Waals surface area contributed by atoms with Gasteiger partial charge in [-0.1, -0.05) is 5.16 Å². The number of hydrogen-bond acceptors (Lipinski definition) is 8. The van der Waals surface area contributed by atoms with Crippen LogP contribution < -0.4 is 10.1 Å². The van der Waals surface area contributed by atoms with Crippen molar-refractivity contribution in [1.82, 2.24) is 20.4 Å². The maximum absolute atomic E-state index is 12.6. The van der Waals surface area contributed by atoms with Gasteiger partial charge in [0.05, 0.1) is 18.6 Å². The number of amides is 1. The number of nitrogens with one attached hydrogen (secondary N) is 1. The van der Waals surface area contributed by atoms with Crippen LogP contribution in [0.3, 0.4) is 0 Å². The zero-order valence-corrected chi connectivity index (χ0v) is 18.6. The molecule has 2 heterocycles. The standard InChI is InChI=1S/C22H23F3N4O5/c1-21(2,3)28-20(31)33-16(12-30)10-18-27-19(29-34-18)13-4-7-15(8-5-13)32-17-9-6-14(11-26-17)22(23,24)25/h4-9,11,16,30H,10,12H2,1-3H3,(H,28,31)/t16-/m0/s1. The zero-order chi connectivity index (χ0) is 24.9. The summed E-state index contributed by atoms with van der Waals surface area (Å²) < 4.78 is 53.7. The molecule has 0 unspecified atom stereocenters. The van der Waals surface area contributed by atoms with Crippen molar-refractivity contribution < 1.29 is 37.1 Å². The maximum Gasteiger partial charge on any atom is 0.417 e. The quantitative estimate of drug-likeness (QED) is 0.512. The molecule has 3 aromatic rings. The van der Waals surface area contributed by atoms with Crippen LogP contribution in [0.5, 0.6) is 11.6 Å². The molecule has 0 fully saturated rings. The first-order chi connectivity index (χ1) is 15.9. The van der Waals surface area contributed by atoms with Crippen LogP contribution in [0, 0.1) is 0 Å². The van der Waals surface area contributed by atoms with Crippen molar-refractivity contribution >= 4 is 6.09 Å². The second kappa shape index (κ2) is 10.1. The Kier molecular flexibility index (Phi) is 7.40. The first kappa shape index (κ1) is 25.0. The molecule has 0 aliphatic carbocycles. The van der Waals surface area contributed by atoms with Crippen LogP contribution in [-0.2, 0) is 17.3 Å². The summed E-state index contributed by atoms with van der Waals surface area (Å²) in [4.78, 5) is 19.8. The normalized spacial score (nSPS) is 12.8. The molecular weight excluding hydrogens is 457 g/mol. The lowest BCUT2D eigenvalue weighted by Gasteiger charge is -2.22. The minimum atomic E-state index is -4.47. The van der Waals surface area contributed by atoms with Gasteiger partial charge in [0.2, 0.25) is 17.6 Å². The second-order valence-corrected chi connectivity index (χ2v) is 8.31. The third kappa shape index (κ3) is 7.17. The van der Waals surface area contributed by atoms with Crippen LogP contribution in [0.15, 0.2) is 47.1 Å². The average Bonchev–Trinajstić information content (AvgIpc) is 3.20. The molecule has 182 valence electrons. The van der Waals surface area contributed by atoms with Gasteiger partial charge in [-0.05, 0) is 51.1 Å². The Bertz CT molecular complexity index is 1090. The van der Waals surface area contributed by atoms with Crippen molar-refractivity contribution in [2.24, 2.45) is 0 Å². The predicted molar refractivity (Wildman–Crippen MR) is 113 cm³/mol. The first-order valence-electron chi connectivity index (χ1n) is 10.2. The number of aliphatic hydroxyl groups excluding tert-OH is 1. The van der Waals surface area contributed by atoms with Gasteiger partial charge in [0.1, 0.15) is 11.9 Å². The number of halogens is 3. The van der Waals surface area contributed by atoms with Gasteiger partial charge >= 0.3 is 12.3 Å². The number of benzene rings is 1. The molecule has 3 rings (SSSR count). The molecule has 0 saturated heterocycles. The van der Waals surface area contributed by atoms with Crippen LogP contribution in [0.25, 0.3) is 11.4 Å². The lowest BCUT2D eigenvalue weighted by atomic mass is 10.1. The van der Waals surface area contributed by atoms with Gasteiger partial charge in [-0.15, -0.1) is 0 Å². The van der Waals surface area contributed by atoms with E-state index in [9.17, 15) is 23.1 Å². The van der Waals surface area contributed by atoms with Crippen molar-refractivity contribution in [3.63, 3.8) is 0 Å². The molecule has 2 N–H and O–H groups in total. The minimum absolute atomic E-state index is 0.00754. The molecule has 2 aromatic heterocycles. The predicted octanol–water partition coefficient (Wildman–Crippen LogP) is 4.37. The maximum atomic E-state index is 12.6. The molecule has 0 aliphatic heterocycles. The third-order valence-electron chi connectivity index (χ3n) is 4.22. The molecule has 0 saturated carbocycles. The number of pyridine rings is 1. The van der Waals surface area contributed by atoms with Crippen LogP contribution in [0.2, 0.25) is 0 Å². The number of alkyl halides is 3. The number of carbonyl (C=O) groups is 1. The van der Waals surface area contributed by atoms with Crippen molar-refractivity contribution in [1.29, 1.82) is 0 Å². The average molecular weight is 480 g/mol. The summed E-state index contributed by atoms with van der Waals surface area (Å²) in [6.07, 6.45) is -5.31. The summed E-state index contributed by atoms with van der Waals surface area (Å²) in [7, 11) is 0. The Hall–Kier alpha value is -3.67. The van der Waals surface area contributed by atoms with Crippen molar-refractivity contribution in [2.45, 2.75) is 45.0 Å². The first-order valence-corrected chi connectivity index (χ1v) is 10.2. The summed E-state index contributed by atoms with van der Waals surface area (Å²) in [5.41, 5.74) is -0.783. The molecule has 12 heteroatoms. The van der Waals surface area contributed by atoms with E-state index in [1.165, 1.54) is 0 Å². The van der Waals surface area contributed by atoms with Gasteiger partial charge in [0.15, 0.2) is 0 Å². The molecule has 0 aliphatic rings. The van der Waals surface area contributed by atoms with Gasteiger partial charge in [0.25, 0.3) is 0 Å². The van der Waals surface area contributed by atoms with E-state index in [0.29, 0.717) is 17.5 Å². The Balaban J connectivity index is 1.60. The van der Waals surface area contributed by atoms with E-state index in [-0.39, 0.29) is 24.0 Å². The van der Waals surface area contributed by atoms with Crippen LogP contribution in [-0.4, -0.2) is 44.6 Å². The molecule has 34 heavy (non-hydrogen) atoms. The summed E-state index contributed by atoms with van der Waals surface area (Å²) in [5, 5.41) is 16.0. The highest BCUT2D eigenvalue weighted by Gasteiger charge is 2.30. The Morgan fingerprint density at radius 1 is 1.15 bits per heavy atom. The SMILES string of the molecule is CC(C)(C)NC(=O)O[C@H](CO)Cc1nc(-c2ccc(Oc3ccc(C(F)(F)F)cn3)cc2)no1. The third-order valence-corrected chi connectivity index (χ3v) is 4.22. The molecule has 0 spiro atoms. The van der Waals surface area contributed by atoms with Crippen molar-refractivity contribution in [3.8, 4) is 23.0 Å². The molecule has 1 amide bonds. The molecular formula is C22H23F3N4O5. The van der Waals surface area contributed by atoms with E-state index >= 15 is 0 Å². The van der Waals surface area contributed by atoms with Crippen molar-refractivity contribution in [2.75, 3.05) is 6.61 Å². The van der Waals surface area contributed by atoms with E-state index in [4.69, 9.17) is 14.0 Å². The number of ether oxygens (including phenoxy) is 2. The number of carbonyl (C=O) groups excluding carboxylic acids is 1. The van der Waals surface area contributed by atoms with E-state index in [1.54, 1.807) is 45.0 Å². The van der Waals surface area contributed by atoms with E-state index in [2.05, 4.69) is 20.4 Å². The molecule has 1 aromatic carbocycles. The number of aromatic nitrogens is 3. The number of alkyl carbamates (subject to hydrolysis) is 1. The Labute approximate surface area is 192 Å². The summed E-state index contributed by atoms with van der Waals surface area (Å²) >= 11 is 0. The van der Waals surface area contributed by atoms with Crippen LogP contribution in [0.1, 0.15) is 32.2 Å². The fourth-order valence-electron chi connectivity index (χ4n) is 2.68. The number of rotatable bonds is 7. The summed E-state index contributed by atoms with van der Waals surface area (Å²) in [6, 6.07) is 8.41. The lowest BCUT2D eigenvalue weighted by Crippen LogP contribution is -2.43. The lowest BCUT2D eigenvalue weighted by molar-refractivity contribution is -0.137. The highest BCUT2D eigenvalue weighted by molar-refractivity contribution is 5.68. The second-order valence-electron chi connectivity index (χ2n) is 8.31. The molecule has 9 nitrogen and oxygen atoms in total. The largest absolute Gasteiger partial charge is 0.443 e. The highest BCUT2D eigenvalue weighted by Crippen LogP contribution is 2.30. The number of hydrogen-bond donors (Lipinski definition) is 2.